The summed E-state index contributed by atoms with van der Waals surface area (Å²) in [6.45, 7) is 4.00. The number of sulfonamides is 2. The molecule has 1 saturated heterocycles. The first-order valence-corrected chi connectivity index (χ1v) is 9.98. The summed E-state index contributed by atoms with van der Waals surface area (Å²) < 4.78 is 51.7. The van der Waals surface area contributed by atoms with E-state index in [2.05, 4.69) is 0 Å². The maximum absolute atomic E-state index is 12.7. The van der Waals surface area contributed by atoms with Crippen molar-refractivity contribution < 1.29 is 16.8 Å². The fourth-order valence-electron chi connectivity index (χ4n) is 2.62. The Balaban J connectivity index is 2.45. The second kappa shape index (κ2) is 5.68. The lowest BCUT2D eigenvalue weighted by Crippen LogP contribution is -2.47. The average molecular weight is 332 g/mol. The Morgan fingerprint density at radius 3 is 2.00 bits per heavy atom. The molecule has 0 radical (unpaired) electrons. The van der Waals surface area contributed by atoms with Crippen molar-refractivity contribution in [1.82, 2.24) is 8.61 Å². The molecule has 8 heteroatoms. The standard InChI is InChI=1S/C13H20N2O4S2/c1-11(2)13-14(20(3,16)17)9-10-15(13)21(18,19)12-7-5-4-6-8-12/h4-8,11,13H,9-10H2,1-3H3/t13-/m0/s1. The lowest BCUT2D eigenvalue weighted by atomic mass is 10.2. The molecule has 2 rings (SSSR count). The van der Waals surface area contributed by atoms with Gasteiger partial charge in [-0.3, -0.25) is 0 Å². The van der Waals surface area contributed by atoms with Crippen LogP contribution < -0.4 is 0 Å². The highest BCUT2D eigenvalue weighted by atomic mass is 32.2. The van der Waals surface area contributed by atoms with E-state index >= 15 is 0 Å². The summed E-state index contributed by atoms with van der Waals surface area (Å²) in [5.74, 6) is -0.138. The van der Waals surface area contributed by atoms with Gasteiger partial charge in [0.1, 0.15) is 0 Å². The van der Waals surface area contributed by atoms with Gasteiger partial charge in [0.2, 0.25) is 20.0 Å². The number of hydrogen-bond acceptors (Lipinski definition) is 4. The zero-order chi connectivity index (χ0) is 15.8. The number of hydrogen-bond donors (Lipinski definition) is 0. The molecule has 6 nitrogen and oxygen atoms in total. The smallest absolute Gasteiger partial charge is 0.212 e. The van der Waals surface area contributed by atoms with Crippen LogP contribution in [0.3, 0.4) is 0 Å². The van der Waals surface area contributed by atoms with Gasteiger partial charge in [-0.15, -0.1) is 0 Å². The summed E-state index contributed by atoms with van der Waals surface area (Å²) in [5.41, 5.74) is 0. The van der Waals surface area contributed by atoms with E-state index in [9.17, 15) is 16.8 Å². The Morgan fingerprint density at radius 1 is 1.00 bits per heavy atom. The van der Waals surface area contributed by atoms with Crippen molar-refractivity contribution in [2.45, 2.75) is 24.9 Å². The van der Waals surface area contributed by atoms with Crippen LogP contribution in [0.1, 0.15) is 13.8 Å². The van der Waals surface area contributed by atoms with Gasteiger partial charge >= 0.3 is 0 Å². The van der Waals surface area contributed by atoms with Gasteiger partial charge in [-0.2, -0.15) is 8.61 Å². The molecule has 1 aromatic carbocycles. The Labute approximate surface area is 126 Å². The van der Waals surface area contributed by atoms with Crippen molar-refractivity contribution in [3.63, 3.8) is 0 Å². The van der Waals surface area contributed by atoms with Crippen LogP contribution >= 0.6 is 0 Å². The summed E-state index contributed by atoms with van der Waals surface area (Å²) in [6.07, 6.45) is 0.436. The molecule has 1 heterocycles. The topological polar surface area (TPSA) is 74.8 Å². The van der Waals surface area contributed by atoms with E-state index in [1.165, 1.54) is 20.7 Å². The highest BCUT2D eigenvalue weighted by Gasteiger charge is 2.45. The van der Waals surface area contributed by atoms with Crippen molar-refractivity contribution in [3.8, 4) is 0 Å². The molecule has 0 aliphatic carbocycles. The first kappa shape index (κ1) is 16.4. The molecule has 1 aromatic rings. The van der Waals surface area contributed by atoms with E-state index in [1.54, 1.807) is 18.2 Å². The summed E-state index contributed by atoms with van der Waals surface area (Å²) >= 11 is 0. The molecule has 118 valence electrons. The highest BCUT2D eigenvalue weighted by molar-refractivity contribution is 7.89. The van der Waals surface area contributed by atoms with Crippen LogP contribution in [-0.4, -0.2) is 51.0 Å². The fourth-order valence-corrected chi connectivity index (χ4v) is 5.58. The van der Waals surface area contributed by atoms with E-state index in [4.69, 9.17) is 0 Å². The molecule has 0 spiro atoms. The second-order valence-corrected chi connectivity index (χ2v) is 9.29. The van der Waals surface area contributed by atoms with Gasteiger partial charge in [-0.05, 0) is 18.1 Å². The predicted molar refractivity (Wildman–Crippen MR) is 80.5 cm³/mol. The molecule has 21 heavy (non-hydrogen) atoms. The van der Waals surface area contributed by atoms with Crippen molar-refractivity contribution in [1.29, 1.82) is 0 Å². The molecule has 1 aliphatic rings. The van der Waals surface area contributed by atoms with Crippen LogP contribution in [0.15, 0.2) is 35.2 Å². The molecular formula is C13H20N2O4S2. The van der Waals surface area contributed by atoms with Crippen LogP contribution in [-0.2, 0) is 20.0 Å². The van der Waals surface area contributed by atoms with E-state index in [0.717, 1.165) is 6.26 Å². The molecule has 0 saturated carbocycles. The Hall–Kier alpha value is -0.960. The molecule has 1 fully saturated rings. The van der Waals surface area contributed by atoms with E-state index in [1.807, 2.05) is 13.8 Å². The van der Waals surface area contributed by atoms with Gasteiger partial charge in [0.05, 0.1) is 17.3 Å². The maximum Gasteiger partial charge on any atom is 0.244 e. The first-order chi connectivity index (χ1) is 9.65. The van der Waals surface area contributed by atoms with Gasteiger partial charge in [-0.1, -0.05) is 32.0 Å². The van der Waals surface area contributed by atoms with Gasteiger partial charge in [-0.25, -0.2) is 16.8 Å². The maximum atomic E-state index is 12.7. The van der Waals surface area contributed by atoms with Crippen molar-refractivity contribution in [2.24, 2.45) is 5.92 Å². The van der Waals surface area contributed by atoms with Crippen molar-refractivity contribution in [3.05, 3.63) is 30.3 Å². The molecule has 0 N–H and O–H groups in total. The van der Waals surface area contributed by atoms with E-state index in [0.29, 0.717) is 0 Å². The lowest BCUT2D eigenvalue weighted by molar-refractivity contribution is 0.220. The minimum absolute atomic E-state index is 0.138. The zero-order valence-corrected chi connectivity index (χ0v) is 13.9. The molecule has 1 aliphatic heterocycles. The molecule has 0 amide bonds. The fraction of sp³-hybridized carbons (Fsp3) is 0.538. The zero-order valence-electron chi connectivity index (χ0n) is 12.3. The first-order valence-electron chi connectivity index (χ1n) is 6.69. The Bertz CT molecular complexity index is 699. The Kier molecular flexibility index (Phi) is 4.44. The number of rotatable bonds is 4. The molecule has 0 aromatic heterocycles. The van der Waals surface area contributed by atoms with Crippen LogP contribution in [0.4, 0.5) is 0 Å². The van der Waals surface area contributed by atoms with Gasteiger partial charge in [0, 0.05) is 13.1 Å². The molecule has 0 unspecified atom stereocenters. The Morgan fingerprint density at radius 2 is 1.52 bits per heavy atom. The summed E-state index contributed by atoms with van der Waals surface area (Å²) in [7, 11) is -7.14. The van der Waals surface area contributed by atoms with Gasteiger partial charge < -0.3 is 0 Å². The summed E-state index contributed by atoms with van der Waals surface area (Å²) in [6, 6.07) is 8.10. The number of benzene rings is 1. The third-order valence-electron chi connectivity index (χ3n) is 3.50. The lowest BCUT2D eigenvalue weighted by Gasteiger charge is -2.31. The molecule has 1 atom stereocenters. The minimum Gasteiger partial charge on any atom is -0.212 e. The van der Waals surface area contributed by atoms with Crippen LogP contribution in [0.2, 0.25) is 0 Å². The predicted octanol–water partition coefficient (Wildman–Crippen LogP) is 0.935. The van der Waals surface area contributed by atoms with Crippen LogP contribution in [0, 0.1) is 5.92 Å². The number of nitrogens with zero attached hydrogens (tertiary/aromatic N) is 2. The largest absolute Gasteiger partial charge is 0.244 e. The quantitative estimate of drug-likeness (QED) is 0.822. The monoisotopic (exact) mass is 332 g/mol. The highest BCUT2D eigenvalue weighted by Crippen LogP contribution is 2.29. The molecule has 0 bridgehead atoms. The van der Waals surface area contributed by atoms with Crippen molar-refractivity contribution >= 4 is 20.0 Å². The third-order valence-corrected chi connectivity index (χ3v) is 6.64. The molecular weight excluding hydrogens is 312 g/mol. The van der Waals surface area contributed by atoms with Crippen LogP contribution in [0.5, 0.6) is 0 Å². The van der Waals surface area contributed by atoms with E-state index < -0.39 is 26.2 Å². The summed E-state index contributed by atoms with van der Waals surface area (Å²) in [4.78, 5) is 0.186. The normalized spacial score (nSPS) is 22.0. The minimum atomic E-state index is -3.70. The third kappa shape index (κ3) is 3.13. The van der Waals surface area contributed by atoms with E-state index in [-0.39, 0.29) is 23.9 Å². The van der Waals surface area contributed by atoms with Crippen LogP contribution in [0.25, 0.3) is 0 Å². The van der Waals surface area contributed by atoms with Gasteiger partial charge in [0.25, 0.3) is 0 Å². The van der Waals surface area contributed by atoms with Gasteiger partial charge in [0.15, 0.2) is 0 Å². The average Bonchev–Trinajstić information content (AvgIpc) is 2.85. The SMILES string of the molecule is CC(C)[C@H]1N(S(C)(=O)=O)CCN1S(=O)(=O)c1ccccc1. The van der Waals surface area contributed by atoms with Crippen molar-refractivity contribution in [2.75, 3.05) is 19.3 Å². The second-order valence-electron chi connectivity index (χ2n) is 5.46. The summed E-state index contributed by atoms with van der Waals surface area (Å²) in [5, 5.41) is 0.